The van der Waals surface area contributed by atoms with Crippen LogP contribution in [0.25, 0.3) is 0 Å². The highest BCUT2D eigenvalue weighted by Crippen LogP contribution is 2.23. The van der Waals surface area contributed by atoms with Crippen molar-refractivity contribution >= 4 is 11.8 Å². The number of benzene rings is 2. The molecule has 2 rings (SSSR count). The highest BCUT2D eigenvalue weighted by Gasteiger charge is 2.28. The van der Waals surface area contributed by atoms with Gasteiger partial charge in [-0.1, -0.05) is 77.4 Å². The molecule has 5 nitrogen and oxygen atoms in total. The lowest BCUT2D eigenvalue weighted by atomic mass is 9.86. The summed E-state index contributed by atoms with van der Waals surface area (Å²) in [6, 6.07) is 15.7. The Morgan fingerprint density at radius 3 is 2.32 bits per heavy atom. The first-order valence-electron chi connectivity index (χ1n) is 12.5. The van der Waals surface area contributed by atoms with E-state index in [9.17, 15) is 9.59 Å². The van der Waals surface area contributed by atoms with Crippen molar-refractivity contribution < 1.29 is 14.3 Å². The van der Waals surface area contributed by atoms with Gasteiger partial charge >= 0.3 is 0 Å². The molecule has 0 radical (unpaired) electrons. The Bertz CT molecular complexity index is 916. The molecule has 0 saturated carbocycles. The van der Waals surface area contributed by atoms with Gasteiger partial charge in [0, 0.05) is 19.5 Å². The van der Waals surface area contributed by atoms with Gasteiger partial charge in [0.2, 0.25) is 11.8 Å². The van der Waals surface area contributed by atoms with Gasteiger partial charge in [0.15, 0.2) is 0 Å². The first-order valence-corrected chi connectivity index (χ1v) is 12.5. The largest absolute Gasteiger partial charge is 0.497 e. The van der Waals surface area contributed by atoms with Crippen LogP contribution in [-0.2, 0) is 28.0 Å². The zero-order valence-electron chi connectivity index (χ0n) is 21.8. The topological polar surface area (TPSA) is 58.6 Å². The quantitative estimate of drug-likeness (QED) is 0.411. The van der Waals surface area contributed by atoms with Crippen LogP contribution in [0.1, 0.15) is 77.0 Å². The minimum atomic E-state index is -0.501. The van der Waals surface area contributed by atoms with Crippen molar-refractivity contribution in [1.29, 1.82) is 0 Å². The summed E-state index contributed by atoms with van der Waals surface area (Å²) in [6.45, 7) is 11.6. The Morgan fingerprint density at radius 1 is 1.03 bits per heavy atom. The smallest absolute Gasteiger partial charge is 0.242 e. The maximum atomic E-state index is 13.5. The number of rotatable bonds is 12. The molecule has 0 bridgehead atoms. The summed E-state index contributed by atoms with van der Waals surface area (Å²) < 4.78 is 5.35. The van der Waals surface area contributed by atoms with E-state index in [0.717, 1.165) is 29.7 Å². The molecule has 0 saturated heterocycles. The van der Waals surface area contributed by atoms with Crippen LogP contribution in [-0.4, -0.2) is 36.4 Å². The van der Waals surface area contributed by atoms with Crippen LogP contribution in [0.5, 0.6) is 5.75 Å². The molecular weight excluding hydrogens is 424 g/mol. The molecule has 1 N–H and O–H groups in total. The second-order valence-corrected chi connectivity index (χ2v) is 9.89. The van der Waals surface area contributed by atoms with Crippen molar-refractivity contribution in [1.82, 2.24) is 10.2 Å². The molecule has 2 aromatic rings. The molecule has 1 unspecified atom stereocenters. The molecule has 0 aliphatic heterocycles. The van der Waals surface area contributed by atoms with E-state index in [1.54, 1.807) is 12.0 Å². The minimum absolute atomic E-state index is 0.0137. The number of nitrogens with one attached hydrogen (secondary N) is 1. The van der Waals surface area contributed by atoms with Crippen molar-refractivity contribution in [2.75, 3.05) is 13.7 Å². The molecular formula is C29H42N2O3. The zero-order valence-corrected chi connectivity index (χ0v) is 21.8. The van der Waals surface area contributed by atoms with E-state index >= 15 is 0 Å². The summed E-state index contributed by atoms with van der Waals surface area (Å²) in [7, 11) is 1.63. The average Bonchev–Trinajstić information content (AvgIpc) is 2.82. The lowest BCUT2D eigenvalue weighted by Crippen LogP contribution is -2.49. The molecule has 34 heavy (non-hydrogen) atoms. The number of hydrogen-bond donors (Lipinski definition) is 1. The van der Waals surface area contributed by atoms with Crippen LogP contribution in [0.4, 0.5) is 0 Å². The fourth-order valence-electron chi connectivity index (χ4n) is 3.96. The maximum absolute atomic E-state index is 13.5. The molecule has 0 aliphatic carbocycles. The van der Waals surface area contributed by atoms with Crippen LogP contribution < -0.4 is 10.1 Å². The molecule has 5 heteroatoms. The molecule has 0 aromatic heterocycles. The Hall–Kier alpha value is -2.82. The van der Waals surface area contributed by atoms with Crippen molar-refractivity contribution in [3.63, 3.8) is 0 Å². The van der Waals surface area contributed by atoms with Crippen LogP contribution in [0.15, 0.2) is 48.5 Å². The summed E-state index contributed by atoms with van der Waals surface area (Å²) in [5, 5.41) is 3.01. The predicted molar refractivity (Wildman–Crippen MR) is 139 cm³/mol. The van der Waals surface area contributed by atoms with E-state index < -0.39 is 6.04 Å². The fourth-order valence-corrected chi connectivity index (χ4v) is 3.96. The lowest BCUT2D eigenvalue weighted by Gasteiger charge is -2.31. The third-order valence-electron chi connectivity index (χ3n) is 6.15. The highest BCUT2D eigenvalue weighted by atomic mass is 16.5. The average molecular weight is 467 g/mol. The van der Waals surface area contributed by atoms with Gasteiger partial charge in [-0.3, -0.25) is 9.59 Å². The van der Waals surface area contributed by atoms with Crippen molar-refractivity contribution in [2.24, 2.45) is 0 Å². The third kappa shape index (κ3) is 8.19. The summed E-state index contributed by atoms with van der Waals surface area (Å²) in [4.78, 5) is 28.2. The Morgan fingerprint density at radius 2 is 1.74 bits per heavy atom. The molecule has 0 aliphatic rings. The fraction of sp³-hybridized carbons (Fsp3) is 0.517. The first-order chi connectivity index (χ1) is 16.2. The van der Waals surface area contributed by atoms with Gasteiger partial charge in [-0.05, 0) is 53.5 Å². The summed E-state index contributed by atoms with van der Waals surface area (Å²) in [5.41, 5.74) is 3.45. The van der Waals surface area contributed by atoms with E-state index in [0.29, 0.717) is 32.4 Å². The number of unbranched alkanes of at least 4 members (excludes halogenated alkanes) is 1. The second-order valence-electron chi connectivity index (χ2n) is 9.89. The number of carbonyl (C=O) groups excluding carboxylic acids is 2. The summed E-state index contributed by atoms with van der Waals surface area (Å²) in [5.74, 6) is 0.645. The lowest BCUT2D eigenvalue weighted by molar-refractivity contribution is -0.141. The number of methoxy groups -OCH3 is 1. The van der Waals surface area contributed by atoms with E-state index in [2.05, 4.69) is 57.3 Å². The molecule has 186 valence electrons. The van der Waals surface area contributed by atoms with Gasteiger partial charge in [-0.2, -0.15) is 0 Å². The number of ether oxygens (including phenoxy) is 1. The number of aryl methyl sites for hydroxylation is 1. The summed E-state index contributed by atoms with van der Waals surface area (Å²) in [6.07, 6.45) is 3.51. The van der Waals surface area contributed by atoms with Crippen LogP contribution in [0.3, 0.4) is 0 Å². The molecule has 0 heterocycles. The number of hydrogen-bond acceptors (Lipinski definition) is 3. The number of amides is 2. The van der Waals surface area contributed by atoms with Gasteiger partial charge < -0.3 is 15.0 Å². The van der Waals surface area contributed by atoms with E-state index in [4.69, 9.17) is 4.74 Å². The Labute approximate surface area is 205 Å². The number of nitrogens with zero attached hydrogens (tertiary/aromatic N) is 1. The monoisotopic (exact) mass is 466 g/mol. The Kier molecular flexibility index (Phi) is 10.6. The van der Waals surface area contributed by atoms with Gasteiger partial charge in [0.1, 0.15) is 11.8 Å². The predicted octanol–water partition coefficient (Wildman–Crippen LogP) is 5.65. The van der Waals surface area contributed by atoms with Crippen LogP contribution >= 0.6 is 0 Å². The molecule has 2 amide bonds. The van der Waals surface area contributed by atoms with E-state index in [1.807, 2.05) is 31.2 Å². The number of carbonyl (C=O) groups is 2. The molecule has 0 fully saturated rings. The van der Waals surface area contributed by atoms with Gasteiger partial charge in [-0.15, -0.1) is 0 Å². The van der Waals surface area contributed by atoms with Crippen molar-refractivity contribution in [3.8, 4) is 5.75 Å². The summed E-state index contributed by atoms with van der Waals surface area (Å²) >= 11 is 0. The SMILES string of the molecule is CCCCNC(=O)C(CC)N(Cc1cccc(OC)c1)C(=O)CCc1ccc(C(C)(C)C)cc1. The van der Waals surface area contributed by atoms with Crippen molar-refractivity contribution in [2.45, 2.75) is 84.7 Å². The van der Waals surface area contributed by atoms with Gasteiger partial charge in [-0.25, -0.2) is 0 Å². The second kappa shape index (κ2) is 13.2. The zero-order chi connectivity index (χ0) is 25.1. The van der Waals surface area contributed by atoms with E-state index in [1.165, 1.54) is 5.56 Å². The maximum Gasteiger partial charge on any atom is 0.242 e. The first kappa shape index (κ1) is 27.4. The van der Waals surface area contributed by atoms with Crippen LogP contribution in [0.2, 0.25) is 0 Å². The highest BCUT2D eigenvalue weighted by molar-refractivity contribution is 5.87. The molecule has 1 atom stereocenters. The van der Waals surface area contributed by atoms with Crippen molar-refractivity contribution in [3.05, 3.63) is 65.2 Å². The van der Waals surface area contributed by atoms with Gasteiger partial charge in [0.25, 0.3) is 0 Å². The standard InChI is InChI=1S/C29H42N2O3/c1-7-9-19-30-28(33)26(8-2)31(21-23-11-10-12-25(20-23)34-6)27(32)18-15-22-13-16-24(17-14-22)29(3,4)5/h10-14,16-17,20,26H,7-9,15,18-19,21H2,1-6H3,(H,30,33). The minimum Gasteiger partial charge on any atom is -0.497 e. The van der Waals surface area contributed by atoms with Gasteiger partial charge in [0.05, 0.1) is 7.11 Å². The normalized spacial score (nSPS) is 12.2. The van der Waals surface area contributed by atoms with E-state index in [-0.39, 0.29) is 17.2 Å². The third-order valence-corrected chi connectivity index (χ3v) is 6.15. The Balaban J connectivity index is 2.18. The molecule has 0 spiro atoms. The molecule has 2 aromatic carbocycles. The van der Waals surface area contributed by atoms with Crippen LogP contribution in [0, 0.1) is 0 Å².